The molecule has 8 heteroatoms. The molecule has 0 unspecified atom stereocenters. The van der Waals surface area contributed by atoms with Gasteiger partial charge in [0.2, 0.25) is 0 Å². The van der Waals surface area contributed by atoms with E-state index in [0.717, 1.165) is 59.6 Å². The summed E-state index contributed by atoms with van der Waals surface area (Å²) in [5.74, 6) is 0.610. The van der Waals surface area contributed by atoms with Gasteiger partial charge in [0, 0.05) is 75.3 Å². The maximum atomic E-state index is 10.4. The van der Waals surface area contributed by atoms with Crippen LogP contribution in [-0.2, 0) is 13.1 Å². The van der Waals surface area contributed by atoms with Crippen molar-refractivity contribution in [3.63, 3.8) is 0 Å². The average Bonchev–Trinajstić information content (AvgIpc) is 3.07. The van der Waals surface area contributed by atoms with E-state index in [-0.39, 0.29) is 0 Å². The molecular weight excluding hydrogens is 572 g/mol. The van der Waals surface area contributed by atoms with Gasteiger partial charge in [0.25, 0.3) is 0 Å². The molecule has 0 saturated heterocycles. The third-order valence-electron chi connectivity index (χ3n) is 7.74. The minimum Gasteiger partial charge on any atom is -0.508 e. The van der Waals surface area contributed by atoms with Crippen LogP contribution in [0.3, 0.4) is 0 Å². The van der Waals surface area contributed by atoms with Gasteiger partial charge in [-0.1, -0.05) is 72.8 Å². The first-order valence-corrected chi connectivity index (χ1v) is 15.8. The van der Waals surface area contributed by atoms with E-state index >= 15 is 0 Å². The number of hydrogen-bond donors (Lipinski definition) is 2. The third-order valence-corrected chi connectivity index (χ3v) is 7.74. The lowest BCUT2D eigenvalue weighted by molar-refractivity contribution is 0.277. The summed E-state index contributed by atoms with van der Waals surface area (Å²) in [5, 5.41) is 20.7. The fourth-order valence-electron chi connectivity index (χ4n) is 5.23. The van der Waals surface area contributed by atoms with E-state index in [9.17, 15) is 10.2 Å². The Labute approximate surface area is 271 Å². The van der Waals surface area contributed by atoms with Gasteiger partial charge < -0.3 is 10.2 Å². The number of benzene rings is 4. The molecule has 0 amide bonds. The molecule has 1 heterocycles. The van der Waals surface area contributed by atoms with Gasteiger partial charge in [0.05, 0.1) is 26.2 Å². The summed E-state index contributed by atoms with van der Waals surface area (Å²) >= 11 is 0. The van der Waals surface area contributed by atoms with Gasteiger partial charge in [-0.15, -0.1) is 0 Å². The van der Waals surface area contributed by atoms with Crippen LogP contribution in [0.25, 0.3) is 0 Å². The molecule has 8 nitrogen and oxygen atoms in total. The van der Waals surface area contributed by atoms with Crippen LogP contribution in [-0.4, -0.2) is 97.2 Å². The molecule has 0 saturated carbocycles. The normalized spacial score (nSPS) is 15.8. The molecule has 0 fully saturated rings. The number of phenolic OH excluding ortho intramolecular Hbond substituents is 2. The minimum absolute atomic E-state index is 0.305. The van der Waals surface area contributed by atoms with Crippen molar-refractivity contribution in [2.75, 3.05) is 52.4 Å². The highest BCUT2D eigenvalue weighted by atomic mass is 16.3. The van der Waals surface area contributed by atoms with Gasteiger partial charge in [-0.05, 0) is 46.5 Å². The smallest absolute Gasteiger partial charge is 0.120 e. The SMILES string of the molecule is Oc1ccccc1CN1CCN=Cc2cccc(c2)C=NCCN(Cc2ccccc2O)CCN=Cc2cccc(c2)C=NCC1. The molecule has 0 atom stereocenters. The second-order valence-electron chi connectivity index (χ2n) is 11.3. The molecule has 5 rings (SSSR count). The molecule has 0 radical (unpaired) electrons. The summed E-state index contributed by atoms with van der Waals surface area (Å²) in [4.78, 5) is 23.4. The lowest BCUT2D eigenvalue weighted by Crippen LogP contribution is -2.29. The van der Waals surface area contributed by atoms with E-state index in [1.807, 2.05) is 97.7 Å². The number of phenols is 2. The van der Waals surface area contributed by atoms with Crippen LogP contribution < -0.4 is 0 Å². The molecule has 0 aliphatic carbocycles. The van der Waals surface area contributed by atoms with Crippen LogP contribution in [0, 0.1) is 0 Å². The van der Waals surface area contributed by atoms with Crippen molar-refractivity contribution in [3.05, 3.63) is 130 Å². The van der Waals surface area contributed by atoms with Crippen molar-refractivity contribution in [2.24, 2.45) is 20.0 Å². The summed E-state index contributed by atoms with van der Waals surface area (Å²) < 4.78 is 0. The molecule has 1 aliphatic rings. The van der Waals surface area contributed by atoms with E-state index in [1.165, 1.54) is 0 Å². The monoisotopic (exact) mass is 614 g/mol. The number of hydrogen-bond acceptors (Lipinski definition) is 8. The van der Waals surface area contributed by atoms with E-state index in [4.69, 9.17) is 20.0 Å². The summed E-state index contributed by atoms with van der Waals surface area (Å²) in [6.45, 7) is 6.73. The lowest BCUT2D eigenvalue weighted by atomic mass is 10.1. The van der Waals surface area contributed by atoms with Crippen molar-refractivity contribution in [1.82, 2.24) is 9.80 Å². The predicted molar refractivity (Wildman–Crippen MR) is 189 cm³/mol. The van der Waals surface area contributed by atoms with Crippen molar-refractivity contribution < 1.29 is 10.2 Å². The number of rotatable bonds is 4. The zero-order valence-electron chi connectivity index (χ0n) is 26.2. The molecule has 4 aromatic carbocycles. The molecule has 4 bridgehead atoms. The summed E-state index contributed by atoms with van der Waals surface area (Å²) in [6, 6.07) is 31.3. The molecule has 4 aromatic rings. The van der Waals surface area contributed by atoms with Gasteiger partial charge in [-0.3, -0.25) is 29.8 Å². The standard InChI is InChI=1S/C38H42N6O2/c45-37-13-3-1-11-35(37)29-43-19-15-39-25-31-7-5-9-33(23-31)27-41-17-21-44(30-36-12-2-4-14-38(36)46)22-18-42-28-34-10-6-8-32(24-34)26-40-16-20-43/h1-14,23-28,45-46H,15-22,29-30H2. The molecule has 0 spiro atoms. The van der Waals surface area contributed by atoms with E-state index in [2.05, 4.69) is 21.9 Å². The van der Waals surface area contributed by atoms with E-state index in [1.54, 1.807) is 12.1 Å². The van der Waals surface area contributed by atoms with Crippen LogP contribution in [0.15, 0.2) is 117 Å². The predicted octanol–water partition coefficient (Wildman–Crippen LogP) is 5.49. The Morgan fingerprint density at radius 3 is 1.09 bits per heavy atom. The van der Waals surface area contributed by atoms with Crippen molar-refractivity contribution in [2.45, 2.75) is 13.1 Å². The van der Waals surface area contributed by atoms with Gasteiger partial charge in [0.15, 0.2) is 0 Å². The Morgan fingerprint density at radius 2 is 0.761 bits per heavy atom. The Balaban J connectivity index is 1.32. The highest BCUT2D eigenvalue weighted by molar-refractivity contribution is 5.87. The topological polar surface area (TPSA) is 96.4 Å². The molecule has 1 aliphatic heterocycles. The van der Waals surface area contributed by atoms with E-state index < -0.39 is 0 Å². The van der Waals surface area contributed by atoms with Crippen LogP contribution in [0.4, 0.5) is 0 Å². The molecule has 236 valence electrons. The zero-order chi connectivity index (χ0) is 31.8. The fourth-order valence-corrected chi connectivity index (χ4v) is 5.23. The summed E-state index contributed by atoms with van der Waals surface area (Å²) in [6.07, 6.45) is 7.64. The van der Waals surface area contributed by atoms with Crippen molar-refractivity contribution in [1.29, 1.82) is 0 Å². The number of para-hydroxylation sites is 2. The first kappa shape index (κ1) is 32.5. The number of fused-ring (bicyclic) bond motifs is 4. The van der Waals surface area contributed by atoms with Crippen LogP contribution in [0.2, 0.25) is 0 Å². The number of aromatic hydroxyl groups is 2. The number of aliphatic imine (C=N–C) groups is 4. The molecule has 0 aromatic heterocycles. The first-order chi connectivity index (χ1) is 22.6. The highest BCUT2D eigenvalue weighted by Crippen LogP contribution is 2.19. The third kappa shape index (κ3) is 10.6. The Bertz CT molecular complexity index is 1480. The van der Waals surface area contributed by atoms with Crippen LogP contribution >= 0.6 is 0 Å². The molecule has 2 N–H and O–H groups in total. The highest BCUT2D eigenvalue weighted by Gasteiger charge is 2.10. The zero-order valence-corrected chi connectivity index (χ0v) is 26.2. The second kappa shape index (κ2) is 17.5. The summed E-state index contributed by atoms with van der Waals surface area (Å²) in [5.41, 5.74) is 5.88. The molecular formula is C38H42N6O2. The van der Waals surface area contributed by atoms with Crippen molar-refractivity contribution in [3.8, 4) is 11.5 Å². The Kier molecular flexibility index (Phi) is 12.4. The summed E-state index contributed by atoms with van der Waals surface area (Å²) in [7, 11) is 0. The van der Waals surface area contributed by atoms with Gasteiger partial charge in [-0.2, -0.15) is 0 Å². The Morgan fingerprint density at radius 1 is 0.435 bits per heavy atom. The van der Waals surface area contributed by atoms with Crippen LogP contribution in [0.1, 0.15) is 33.4 Å². The maximum Gasteiger partial charge on any atom is 0.120 e. The first-order valence-electron chi connectivity index (χ1n) is 15.8. The second-order valence-corrected chi connectivity index (χ2v) is 11.3. The van der Waals surface area contributed by atoms with E-state index in [0.29, 0.717) is 50.8 Å². The fraction of sp³-hybridized carbons (Fsp3) is 0.263. The largest absolute Gasteiger partial charge is 0.508 e. The number of nitrogens with zero attached hydrogens (tertiary/aromatic N) is 6. The van der Waals surface area contributed by atoms with Gasteiger partial charge in [0.1, 0.15) is 11.5 Å². The minimum atomic E-state index is 0.305. The maximum absolute atomic E-state index is 10.4. The Hall–Kier alpha value is -4.92. The van der Waals surface area contributed by atoms with Crippen LogP contribution in [0.5, 0.6) is 11.5 Å². The van der Waals surface area contributed by atoms with Gasteiger partial charge >= 0.3 is 0 Å². The molecule has 46 heavy (non-hydrogen) atoms. The van der Waals surface area contributed by atoms with Crippen molar-refractivity contribution >= 4 is 24.9 Å². The lowest BCUT2D eigenvalue weighted by Gasteiger charge is -2.21. The van der Waals surface area contributed by atoms with Gasteiger partial charge in [-0.25, -0.2) is 0 Å². The average molecular weight is 615 g/mol. The quantitative estimate of drug-likeness (QED) is 0.318.